The van der Waals surface area contributed by atoms with Gasteiger partial charge in [0.2, 0.25) is 0 Å². The van der Waals surface area contributed by atoms with Gasteiger partial charge in [-0.05, 0) is 38.1 Å². The first kappa shape index (κ1) is 15.2. The lowest BCUT2D eigenvalue weighted by Gasteiger charge is -2.26. The monoisotopic (exact) mass is 288 g/mol. The van der Waals surface area contributed by atoms with Crippen LogP contribution in [0.15, 0.2) is 36.4 Å². The maximum atomic E-state index is 6.00. The lowest BCUT2D eigenvalue weighted by molar-refractivity contribution is 0.245. The van der Waals surface area contributed by atoms with E-state index in [1.807, 2.05) is 11.3 Å². The van der Waals surface area contributed by atoms with Crippen LogP contribution in [-0.4, -0.2) is 18.5 Å². The maximum absolute atomic E-state index is 6.00. The Labute approximate surface area is 126 Å². The number of likely N-dealkylation sites (N-methyl/N-ethyl adjacent to an activating group) is 1. The van der Waals surface area contributed by atoms with Crippen LogP contribution in [0.3, 0.4) is 0 Å². The Morgan fingerprint density at radius 3 is 2.65 bits per heavy atom. The van der Waals surface area contributed by atoms with Crippen molar-refractivity contribution in [1.29, 1.82) is 0 Å². The van der Waals surface area contributed by atoms with Crippen LogP contribution in [-0.2, 0) is 13.0 Å². The van der Waals surface area contributed by atoms with Crippen molar-refractivity contribution in [2.24, 2.45) is 5.73 Å². The number of benzene rings is 1. The molecule has 1 heterocycles. The molecule has 1 atom stereocenters. The molecule has 0 radical (unpaired) electrons. The zero-order valence-electron chi connectivity index (χ0n) is 12.6. The summed E-state index contributed by atoms with van der Waals surface area (Å²) in [6.45, 7) is 5.93. The molecule has 1 unspecified atom stereocenters. The SMILES string of the molecule is CCc1ccc(C(CN)N(C)Cc2cccc(C)c2)s1. The van der Waals surface area contributed by atoms with E-state index in [4.69, 9.17) is 5.73 Å². The summed E-state index contributed by atoms with van der Waals surface area (Å²) in [4.78, 5) is 5.15. The Bertz CT molecular complexity index is 547. The van der Waals surface area contributed by atoms with E-state index in [2.05, 4.69) is 62.2 Å². The third-order valence-electron chi connectivity index (χ3n) is 3.63. The van der Waals surface area contributed by atoms with Crippen LogP contribution in [0.25, 0.3) is 0 Å². The van der Waals surface area contributed by atoms with Gasteiger partial charge in [0.05, 0.1) is 6.04 Å². The van der Waals surface area contributed by atoms with E-state index in [0.717, 1.165) is 13.0 Å². The smallest absolute Gasteiger partial charge is 0.0564 e. The fourth-order valence-electron chi connectivity index (χ4n) is 2.49. The number of aryl methyl sites for hydroxylation is 2. The molecule has 0 spiro atoms. The highest BCUT2D eigenvalue weighted by Gasteiger charge is 2.17. The van der Waals surface area contributed by atoms with Crippen LogP contribution in [0.2, 0.25) is 0 Å². The fraction of sp³-hybridized carbons (Fsp3) is 0.412. The molecule has 0 fully saturated rings. The van der Waals surface area contributed by atoms with Crippen LogP contribution >= 0.6 is 11.3 Å². The van der Waals surface area contributed by atoms with Crippen molar-refractivity contribution < 1.29 is 0 Å². The minimum Gasteiger partial charge on any atom is -0.329 e. The maximum Gasteiger partial charge on any atom is 0.0564 e. The largest absolute Gasteiger partial charge is 0.329 e. The van der Waals surface area contributed by atoms with Gasteiger partial charge >= 0.3 is 0 Å². The van der Waals surface area contributed by atoms with Crippen LogP contribution in [0.5, 0.6) is 0 Å². The molecule has 0 saturated heterocycles. The average Bonchev–Trinajstić information content (AvgIpc) is 2.88. The molecule has 0 aliphatic heterocycles. The number of rotatable bonds is 6. The van der Waals surface area contributed by atoms with Gasteiger partial charge in [-0.25, -0.2) is 0 Å². The third kappa shape index (κ3) is 3.69. The predicted octanol–water partition coefficient (Wildman–Crippen LogP) is 3.75. The second kappa shape index (κ2) is 7.02. The van der Waals surface area contributed by atoms with E-state index >= 15 is 0 Å². The van der Waals surface area contributed by atoms with Gasteiger partial charge in [0, 0.05) is 22.8 Å². The molecule has 0 bridgehead atoms. The number of nitrogens with zero attached hydrogens (tertiary/aromatic N) is 1. The first-order chi connectivity index (χ1) is 9.63. The van der Waals surface area contributed by atoms with Crippen molar-refractivity contribution in [2.75, 3.05) is 13.6 Å². The normalized spacial score (nSPS) is 12.8. The van der Waals surface area contributed by atoms with Crippen molar-refractivity contribution in [2.45, 2.75) is 32.9 Å². The summed E-state index contributed by atoms with van der Waals surface area (Å²) in [5.74, 6) is 0. The quantitative estimate of drug-likeness (QED) is 0.877. The van der Waals surface area contributed by atoms with Gasteiger partial charge in [-0.15, -0.1) is 11.3 Å². The van der Waals surface area contributed by atoms with Gasteiger partial charge in [0.25, 0.3) is 0 Å². The summed E-state index contributed by atoms with van der Waals surface area (Å²) in [6.07, 6.45) is 1.10. The summed E-state index contributed by atoms with van der Waals surface area (Å²) in [6, 6.07) is 13.4. The van der Waals surface area contributed by atoms with Crippen molar-refractivity contribution in [3.05, 3.63) is 57.3 Å². The van der Waals surface area contributed by atoms with Crippen molar-refractivity contribution in [3.63, 3.8) is 0 Å². The second-order valence-corrected chi connectivity index (χ2v) is 6.51. The Hall–Kier alpha value is -1.16. The second-order valence-electron chi connectivity index (χ2n) is 5.31. The molecule has 2 aromatic rings. The van der Waals surface area contributed by atoms with Crippen LogP contribution in [0.4, 0.5) is 0 Å². The molecule has 108 valence electrons. The zero-order valence-corrected chi connectivity index (χ0v) is 13.4. The first-order valence-corrected chi connectivity index (χ1v) is 8.00. The minimum atomic E-state index is 0.306. The lowest BCUT2D eigenvalue weighted by atomic mass is 10.1. The summed E-state index contributed by atoms with van der Waals surface area (Å²) in [5, 5.41) is 0. The summed E-state index contributed by atoms with van der Waals surface area (Å²) < 4.78 is 0. The van der Waals surface area contributed by atoms with Gasteiger partial charge < -0.3 is 5.73 Å². The summed E-state index contributed by atoms with van der Waals surface area (Å²) in [5.41, 5.74) is 8.66. The number of hydrogen-bond acceptors (Lipinski definition) is 3. The van der Waals surface area contributed by atoms with Gasteiger partial charge in [-0.3, -0.25) is 4.90 Å². The van der Waals surface area contributed by atoms with E-state index in [1.165, 1.54) is 20.9 Å². The molecule has 0 aliphatic carbocycles. The van der Waals surface area contributed by atoms with Crippen LogP contribution < -0.4 is 5.73 Å². The average molecular weight is 288 g/mol. The van der Waals surface area contributed by atoms with Gasteiger partial charge in [0.1, 0.15) is 0 Å². The molecule has 1 aromatic carbocycles. The van der Waals surface area contributed by atoms with E-state index < -0.39 is 0 Å². The molecule has 2 N–H and O–H groups in total. The molecule has 1 aromatic heterocycles. The number of hydrogen-bond donors (Lipinski definition) is 1. The zero-order chi connectivity index (χ0) is 14.5. The van der Waals surface area contributed by atoms with E-state index in [1.54, 1.807) is 0 Å². The molecule has 0 aliphatic rings. The highest BCUT2D eigenvalue weighted by Crippen LogP contribution is 2.27. The van der Waals surface area contributed by atoms with Crippen molar-refractivity contribution in [3.8, 4) is 0 Å². The highest BCUT2D eigenvalue weighted by molar-refractivity contribution is 7.12. The fourth-order valence-corrected chi connectivity index (χ4v) is 3.62. The lowest BCUT2D eigenvalue weighted by Crippen LogP contribution is -2.29. The van der Waals surface area contributed by atoms with E-state index in [-0.39, 0.29) is 0 Å². The standard InChI is InChI=1S/C17H24N2S/c1-4-15-8-9-17(20-15)16(11-18)19(3)12-14-7-5-6-13(2)10-14/h5-10,16H,4,11-12,18H2,1-3H3. The van der Waals surface area contributed by atoms with Gasteiger partial charge in [-0.2, -0.15) is 0 Å². The summed E-state index contributed by atoms with van der Waals surface area (Å²) >= 11 is 1.89. The number of thiophene rings is 1. The molecule has 20 heavy (non-hydrogen) atoms. The Kier molecular flexibility index (Phi) is 5.35. The first-order valence-electron chi connectivity index (χ1n) is 7.18. The molecule has 2 nitrogen and oxygen atoms in total. The molecule has 0 amide bonds. The molecule has 3 heteroatoms. The summed E-state index contributed by atoms with van der Waals surface area (Å²) in [7, 11) is 2.16. The van der Waals surface area contributed by atoms with Crippen molar-refractivity contribution >= 4 is 11.3 Å². The van der Waals surface area contributed by atoms with Crippen molar-refractivity contribution in [1.82, 2.24) is 4.90 Å². The molecular weight excluding hydrogens is 264 g/mol. The topological polar surface area (TPSA) is 29.3 Å². The minimum absolute atomic E-state index is 0.306. The van der Waals surface area contributed by atoms with Gasteiger partial charge in [0.15, 0.2) is 0 Å². The number of nitrogens with two attached hydrogens (primary N) is 1. The van der Waals surface area contributed by atoms with Gasteiger partial charge in [-0.1, -0.05) is 36.8 Å². The Morgan fingerprint density at radius 2 is 2.05 bits per heavy atom. The highest BCUT2D eigenvalue weighted by atomic mass is 32.1. The van der Waals surface area contributed by atoms with E-state index in [9.17, 15) is 0 Å². The Balaban J connectivity index is 2.10. The van der Waals surface area contributed by atoms with Crippen LogP contribution in [0.1, 0.15) is 33.8 Å². The van der Waals surface area contributed by atoms with E-state index in [0.29, 0.717) is 12.6 Å². The third-order valence-corrected chi connectivity index (χ3v) is 4.96. The molecule has 0 saturated carbocycles. The molecule has 2 rings (SSSR count). The predicted molar refractivity (Wildman–Crippen MR) is 88.1 cm³/mol. The van der Waals surface area contributed by atoms with Crippen LogP contribution in [0, 0.1) is 6.92 Å². The molecular formula is C17H24N2S. The Morgan fingerprint density at radius 1 is 1.25 bits per heavy atom.